The first-order valence-corrected chi connectivity index (χ1v) is 10.6. The van der Waals surface area contributed by atoms with Gasteiger partial charge in [0.15, 0.2) is 0 Å². The Balaban J connectivity index is 1.88. The molecule has 3 rings (SSSR count). The van der Waals surface area contributed by atoms with E-state index in [9.17, 15) is 23.3 Å². The maximum Gasteiger partial charge on any atom is 0.270 e. The summed E-state index contributed by atoms with van der Waals surface area (Å²) in [5.74, 6) is 0.175. The number of hydrogen-bond donors (Lipinski definition) is 1. The molecule has 11 heteroatoms. The summed E-state index contributed by atoms with van der Waals surface area (Å²) in [6.07, 6.45) is 0. The van der Waals surface area contributed by atoms with Gasteiger partial charge in [0.25, 0.3) is 21.6 Å². The predicted molar refractivity (Wildman–Crippen MR) is 112 cm³/mol. The SMILES string of the molecule is Cc1noc(C)c1CN(C)C(=O)c1ccccc1NS(=O)(=O)c1cccc([N+](=O)[O-])c1. The molecular weight excluding hydrogens is 424 g/mol. The highest BCUT2D eigenvalue weighted by atomic mass is 32.2. The molecule has 1 N–H and O–H groups in total. The average molecular weight is 444 g/mol. The van der Waals surface area contributed by atoms with Crippen LogP contribution >= 0.6 is 0 Å². The number of non-ortho nitro benzene ring substituents is 1. The normalized spacial score (nSPS) is 11.2. The molecule has 0 aliphatic rings. The van der Waals surface area contributed by atoms with Crippen LogP contribution in [0.4, 0.5) is 11.4 Å². The van der Waals surface area contributed by atoms with Crippen LogP contribution in [0, 0.1) is 24.0 Å². The highest BCUT2D eigenvalue weighted by Crippen LogP contribution is 2.24. The summed E-state index contributed by atoms with van der Waals surface area (Å²) < 4.78 is 33.1. The van der Waals surface area contributed by atoms with E-state index in [-0.39, 0.29) is 28.4 Å². The van der Waals surface area contributed by atoms with Crippen molar-refractivity contribution in [1.29, 1.82) is 0 Å². The lowest BCUT2D eigenvalue weighted by Gasteiger charge is -2.19. The highest BCUT2D eigenvalue weighted by molar-refractivity contribution is 7.92. The molecule has 10 nitrogen and oxygen atoms in total. The molecule has 31 heavy (non-hydrogen) atoms. The number of amides is 1. The molecule has 1 aromatic heterocycles. The van der Waals surface area contributed by atoms with Gasteiger partial charge >= 0.3 is 0 Å². The number of rotatable bonds is 7. The molecule has 0 bridgehead atoms. The quantitative estimate of drug-likeness (QED) is 0.436. The molecule has 0 radical (unpaired) electrons. The Kier molecular flexibility index (Phi) is 6.07. The smallest absolute Gasteiger partial charge is 0.270 e. The van der Waals surface area contributed by atoms with Gasteiger partial charge in [0.1, 0.15) is 5.76 Å². The Bertz CT molecular complexity index is 1230. The second-order valence-corrected chi connectivity index (χ2v) is 8.55. The monoisotopic (exact) mass is 444 g/mol. The summed E-state index contributed by atoms with van der Waals surface area (Å²) in [6.45, 7) is 3.74. The Morgan fingerprint density at radius 3 is 2.55 bits per heavy atom. The molecule has 0 unspecified atom stereocenters. The first-order chi connectivity index (χ1) is 14.6. The summed E-state index contributed by atoms with van der Waals surface area (Å²) in [6, 6.07) is 10.8. The van der Waals surface area contributed by atoms with Crippen molar-refractivity contribution in [3.8, 4) is 0 Å². The molecule has 0 fully saturated rings. The molecule has 0 atom stereocenters. The van der Waals surface area contributed by atoms with Gasteiger partial charge in [-0.05, 0) is 32.0 Å². The van der Waals surface area contributed by atoms with Crippen molar-refractivity contribution in [2.75, 3.05) is 11.8 Å². The Labute approximate surface area is 178 Å². The van der Waals surface area contributed by atoms with Gasteiger partial charge < -0.3 is 9.42 Å². The van der Waals surface area contributed by atoms with E-state index in [0.29, 0.717) is 11.5 Å². The van der Waals surface area contributed by atoms with Crippen LogP contribution < -0.4 is 4.72 Å². The molecule has 0 aliphatic heterocycles. The van der Waals surface area contributed by atoms with Crippen LogP contribution in [0.1, 0.15) is 27.4 Å². The first-order valence-electron chi connectivity index (χ1n) is 9.13. The lowest BCUT2D eigenvalue weighted by atomic mass is 10.1. The standard InChI is InChI=1S/C20H20N4O6S/c1-13-18(14(2)30-21-13)12-23(3)20(25)17-9-4-5-10-19(17)22-31(28,29)16-8-6-7-15(11-16)24(26)27/h4-11,22H,12H2,1-3H3. The van der Waals surface area contributed by atoms with Crippen molar-refractivity contribution in [2.24, 2.45) is 0 Å². The van der Waals surface area contributed by atoms with Gasteiger partial charge in [-0.15, -0.1) is 0 Å². The molecule has 3 aromatic rings. The molecule has 0 saturated carbocycles. The van der Waals surface area contributed by atoms with E-state index in [2.05, 4.69) is 9.88 Å². The van der Waals surface area contributed by atoms with Crippen LogP contribution in [0.2, 0.25) is 0 Å². The molecule has 1 amide bonds. The van der Waals surface area contributed by atoms with Crippen molar-refractivity contribution >= 4 is 27.3 Å². The molecular formula is C20H20N4O6S. The molecule has 0 spiro atoms. The van der Waals surface area contributed by atoms with Crippen LogP contribution in [-0.4, -0.2) is 36.4 Å². The van der Waals surface area contributed by atoms with Crippen LogP contribution in [0.3, 0.4) is 0 Å². The Morgan fingerprint density at radius 2 is 1.90 bits per heavy atom. The molecule has 0 saturated heterocycles. The van der Waals surface area contributed by atoms with Gasteiger partial charge in [-0.1, -0.05) is 23.4 Å². The second kappa shape index (κ2) is 8.56. The fourth-order valence-electron chi connectivity index (χ4n) is 2.97. The van der Waals surface area contributed by atoms with Gasteiger partial charge in [0, 0.05) is 24.7 Å². The summed E-state index contributed by atoms with van der Waals surface area (Å²) in [5, 5.41) is 14.8. The number of hydrogen-bond acceptors (Lipinski definition) is 7. The number of nitrogens with one attached hydrogen (secondary N) is 1. The van der Waals surface area contributed by atoms with E-state index in [1.165, 1.54) is 35.2 Å². The lowest BCUT2D eigenvalue weighted by molar-refractivity contribution is -0.385. The van der Waals surface area contributed by atoms with Crippen LogP contribution in [0.15, 0.2) is 57.9 Å². The molecule has 162 valence electrons. The van der Waals surface area contributed by atoms with E-state index >= 15 is 0 Å². The van der Waals surface area contributed by atoms with Gasteiger partial charge in [-0.2, -0.15) is 0 Å². The van der Waals surface area contributed by atoms with E-state index < -0.39 is 20.9 Å². The minimum atomic E-state index is -4.16. The largest absolute Gasteiger partial charge is 0.361 e. The molecule has 1 heterocycles. The number of aryl methyl sites for hydroxylation is 2. The zero-order chi connectivity index (χ0) is 22.8. The molecule has 0 aliphatic carbocycles. The zero-order valence-electron chi connectivity index (χ0n) is 17.0. The van der Waals surface area contributed by atoms with Crippen LogP contribution in [0.5, 0.6) is 0 Å². The third kappa shape index (κ3) is 4.72. The maximum atomic E-state index is 13.0. The second-order valence-electron chi connectivity index (χ2n) is 6.87. The minimum absolute atomic E-state index is 0.0598. The number of anilines is 1. The van der Waals surface area contributed by atoms with Crippen molar-refractivity contribution < 1.29 is 22.7 Å². The Hall–Kier alpha value is -3.73. The summed E-state index contributed by atoms with van der Waals surface area (Å²) >= 11 is 0. The fourth-order valence-corrected chi connectivity index (χ4v) is 4.09. The Morgan fingerprint density at radius 1 is 1.19 bits per heavy atom. The average Bonchev–Trinajstić information content (AvgIpc) is 3.05. The van der Waals surface area contributed by atoms with Gasteiger partial charge in [0.2, 0.25) is 0 Å². The number of nitro benzene ring substituents is 1. The predicted octanol–water partition coefficient (Wildman–Crippen LogP) is 3.27. The number of benzene rings is 2. The van der Waals surface area contributed by atoms with E-state index in [1.54, 1.807) is 33.0 Å². The summed E-state index contributed by atoms with van der Waals surface area (Å²) in [4.78, 5) is 24.5. The summed E-state index contributed by atoms with van der Waals surface area (Å²) in [5.41, 5.74) is 1.27. The maximum absolute atomic E-state index is 13.0. The van der Waals surface area contributed by atoms with Gasteiger partial charge in [-0.3, -0.25) is 19.6 Å². The summed E-state index contributed by atoms with van der Waals surface area (Å²) in [7, 11) is -2.58. The number of sulfonamides is 1. The van der Waals surface area contributed by atoms with Crippen molar-refractivity contribution in [2.45, 2.75) is 25.3 Å². The number of para-hydroxylation sites is 1. The lowest BCUT2D eigenvalue weighted by Crippen LogP contribution is -2.28. The van der Waals surface area contributed by atoms with Crippen molar-refractivity contribution in [3.05, 3.63) is 81.2 Å². The van der Waals surface area contributed by atoms with E-state index in [0.717, 1.165) is 11.6 Å². The minimum Gasteiger partial charge on any atom is -0.361 e. The highest BCUT2D eigenvalue weighted by Gasteiger charge is 2.23. The number of nitrogens with zero attached hydrogens (tertiary/aromatic N) is 3. The van der Waals surface area contributed by atoms with Crippen molar-refractivity contribution in [1.82, 2.24) is 10.1 Å². The zero-order valence-corrected chi connectivity index (χ0v) is 17.8. The van der Waals surface area contributed by atoms with Gasteiger partial charge in [-0.25, -0.2) is 8.42 Å². The number of nitro groups is 1. The third-order valence-corrected chi connectivity index (χ3v) is 6.03. The third-order valence-electron chi connectivity index (χ3n) is 4.66. The number of carbonyl (C=O) groups excluding carboxylic acids is 1. The van der Waals surface area contributed by atoms with Crippen LogP contribution in [-0.2, 0) is 16.6 Å². The first kappa shape index (κ1) is 22.0. The van der Waals surface area contributed by atoms with Gasteiger partial charge in [0.05, 0.1) is 33.3 Å². The van der Waals surface area contributed by atoms with Crippen molar-refractivity contribution in [3.63, 3.8) is 0 Å². The molecule has 2 aromatic carbocycles. The number of aromatic nitrogens is 1. The van der Waals surface area contributed by atoms with Crippen LogP contribution in [0.25, 0.3) is 0 Å². The topological polar surface area (TPSA) is 136 Å². The van der Waals surface area contributed by atoms with E-state index in [1.807, 2.05) is 0 Å². The fraction of sp³-hybridized carbons (Fsp3) is 0.200. The number of carbonyl (C=O) groups is 1. The van der Waals surface area contributed by atoms with E-state index in [4.69, 9.17) is 4.52 Å².